The highest BCUT2D eigenvalue weighted by Crippen LogP contribution is 2.68. The fourth-order valence-electron chi connectivity index (χ4n) is 12.7. The summed E-state index contributed by atoms with van der Waals surface area (Å²) in [6.07, 6.45) is 6.59. The summed E-state index contributed by atoms with van der Waals surface area (Å²) >= 11 is 0. The van der Waals surface area contributed by atoms with E-state index in [0.717, 1.165) is 44.9 Å². The van der Waals surface area contributed by atoms with Crippen LogP contribution in [0.1, 0.15) is 85.0 Å². The lowest BCUT2D eigenvalue weighted by atomic mass is 9.43. The van der Waals surface area contributed by atoms with Gasteiger partial charge in [0, 0.05) is 78.4 Å². The number of carboxylic acids is 3. The summed E-state index contributed by atoms with van der Waals surface area (Å²) in [6, 6.07) is 0. The minimum atomic E-state index is -1.02. The first-order valence-electron chi connectivity index (χ1n) is 23.7. The number of fused-ring (bicyclic) bond motifs is 5. The molecule has 5 fully saturated rings. The molecule has 0 spiro atoms. The maximum atomic E-state index is 13.0. The molecule has 1 heterocycles. The Kier molecular flexibility index (Phi) is 19.0. The number of hydrogen-bond acceptors (Lipinski definition) is 13. The lowest BCUT2D eigenvalue weighted by molar-refractivity contribution is -0.207. The van der Waals surface area contributed by atoms with Crippen LogP contribution in [0.5, 0.6) is 0 Å². The Morgan fingerprint density at radius 1 is 0.635 bits per heavy atom. The molecule has 0 aromatic carbocycles. The van der Waals surface area contributed by atoms with Crippen LogP contribution < -0.4 is 16.0 Å². The standard InChI is InChI=1S/C45H79N7O11/c1-30(33-6-7-34-43-35(25-37(55)45(33,34)3)44(2)10-9-32(53)23-31(44)24-36(43)54)5-8-38(56)48-14-13-46-11-4-12-47-39(57)26-49-15-17-50(27-40(58)59)19-21-52(29-42(62)63)22-20-51(18-16-49)28-41(60)61/h30-37,43,46,53-55H,4-29H2,1-3H3,(H,47,57)(H,48,56)(H,58,59)(H,60,61)(H,62,63)/t30-,31+,32-,33-,34+,35+,36-,37+,43+,44+,45-/m1/s1. The SMILES string of the molecule is C[C@H](CCC(=O)NCCNCCCNC(=O)CN1CCN(CC(=O)O)CCN(CC(=O)O)CCN(CC(=O)O)CC1)[C@H]1CC[C@H]2[C@@H]3[C@H](O)C[C@@H]4C[C@H](O)CC[C@]4(C)[C@H]3C[C@H](O)[C@]12C. The minimum absolute atomic E-state index is 0.0000610. The van der Waals surface area contributed by atoms with E-state index in [9.17, 15) is 54.6 Å². The molecule has 0 bridgehead atoms. The average Bonchev–Trinajstić information content (AvgIpc) is 3.57. The fraction of sp³-hybridized carbons (Fsp3) is 0.889. The van der Waals surface area contributed by atoms with E-state index in [1.807, 2.05) is 4.90 Å². The molecular weight excluding hydrogens is 815 g/mol. The van der Waals surface area contributed by atoms with Crippen LogP contribution in [0.3, 0.4) is 0 Å². The molecule has 0 radical (unpaired) electrons. The molecule has 9 N–H and O–H groups in total. The second-order valence-electron chi connectivity index (χ2n) is 20.1. The molecule has 18 nitrogen and oxygen atoms in total. The highest BCUT2D eigenvalue weighted by Gasteiger charge is 2.65. The molecule has 4 saturated carbocycles. The van der Waals surface area contributed by atoms with Gasteiger partial charge >= 0.3 is 17.9 Å². The number of hydrogen-bond donors (Lipinski definition) is 9. The van der Waals surface area contributed by atoms with Gasteiger partial charge in [-0.15, -0.1) is 0 Å². The van der Waals surface area contributed by atoms with Crippen LogP contribution >= 0.6 is 0 Å². The predicted molar refractivity (Wildman–Crippen MR) is 235 cm³/mol. The Hall–Kier alpha value is -2.97. The quantitative estimate of drug-likeness (QED) is 0.0777. The van der Waals surface area contributed by atoms with Crippen molar-refractivity contribution in [1.82, 2.24) is 35.6 Å². The van der Waals surface area contributed by atoms with Crippen molar-refractivity contribution in [3.8, 4) is 0 Å². The third kappa shape index (κ3) is 13.8. The maximum Gasteiger partial charge on any atom is 0.317 e. The zero-order valence-electron chi connectivity index (χ0n) is 38.1. The summed E-state index contributed by atoms with van der Waals surface area (Å²) in [6.45, 7) is 10.9. The number of rotatable bonds is 19. The van der Waals surface area contributed by atoms with Crippen LogP contribution in [0.2, 0.25) is 0 Å². The molecule has 360 valence electrons. The van der Waals surface area contributed by atoms with E-state index in [-0.39, 0.29) is 84.5 Å². The first-order chi connectivity index (χ1) is 29.9. The van der Waals surface area contributed by atoms with Crippen molar-refractivity contribution >= 4 is 29.7 Å². The molecule has 11 atom stereocenters. The zero-order chi connectivity index (χ0) is 45.9. The normalized spacial score (nSPS) is 34.3. The number of carbonyl (C=O) groups excluding carboxylic acids is 2. The van der Waals surface area contributed by atoms with Gasteiger partial charge in [-0.2, -0.15) is 0 Å². The van der Waals surface area contributed by atoms with Crippen molar-refractivity contribution in [2.45, 2.75) is 103 Å². The Bertz CT molecular complexity index is 1510. The zero-order valence-corrected chi connectivity index (χ0v) is 38.1. The number of aliphatic hydroxyl groups is 3. The molecular formula is C45H79N7O11. The van der Waals surface area contributed by atoms with Gasteiger partial charge in [-0.25, -0.2) is 0 Å². The van der Waals surface area contributed by atoms with Gasteiger partial charge in [0.05, 0.1) is 44.5 Å². The fourth-order valence-corrected chi connectivity index (χ4v) is 12.7. The van der Waals surface area contributed by atoms with Crippen LogP contribution in [0.15, 0.2) is 0 Å². The van der Waals surface area contributed by atoms with Crippen molar-refractivity contribution < 1.29 is 54.6 Å². The lowest BCUT2D eigenvalue weighted by Gasteiger charge is -2.63. The van der Waals surface area contributed by atoms with Gasteiger partial charge in [0.25, 0.3) is 0 Å². The van der Waals surface area contributed by atoms with E-state index in [1.165, 1.54) is 0 Å². The van der Waals surface area contributed by atoms with Crippen LogP contribution in [0.4, 0.5) is 0 Å². The van der Waals surface area contributed by atoms with E-state index in [4.69, 9.17) is 0 Å². The minimum Gasteiger partial charge on any atom is -0.480 e. The molecule has 5 aliphatic rings. The van der Waals surface area contributed by atoms with Gasteiger partial charge in [-0.1, -0.05) is 20.8 Å². The second kappa shape index (κ2) is 23.5. The van der Waals surface area contributed by atoms with Crippen LogP contribution in [0.25, 0.3) is 0 Å². The second-order valence-corrected chi connectivity index (χ2v) is 20.1. The summed E-state index contributed by atoms with van der Waals surface area (Å²) in [5, 5.41) is 71.4. The maximum absolute atomic E-state index is 13.0. The van der Waals surface area contributed by atoms with Crippen molar-refractivity contribution in [3.63, 3.8) is 0 Å². The number of carbonyl (C=O) groups is 5. The number of amides is 2. The lowest BCUT2D eigenvalue weighted by Crippen LogP contribution is -2.62. The molecule has 4 aliphatic carbocycles. The van der Waals surface area contributed by atoms with Crippen molar-refractivity contribution in [2.24, 2.45) is 46.3 Å². The average molecular weight is 894 g/mol. The van der Waals surface area contributed by atoms with Gasteiger partial charge in [-0.3, -0.25) is 43.6 Å². The van der Waals surface area contributed by atoms with Gasteiger partial charge in [0.1, 0.15) is 0 Å². The molecule has 0 aromatic rings. The van der Waals surface area contributed by atoms with E-state index >= 15 is 0 Å². The van der Waals surface area contributed by atoms with Gasteiger partial charge in [0.2, 0.25) is 11.8 Å². The van der Waals surface area contributed by atoms with Gasteiger partial charge in [0.15, 0.2) is 0 Å². The number of carboxylic acid groups (broad SMARTS) is 3. The molecule has 0 unspecified atom stereocenters. The van der Waals surface area contributed by atoms with Crippen molar-refractivity contribution in [3.05, 3.63) is 0 Å². The van der Waals surface area contributed by atoms with Crippen molar-refractivity contribution in [2.75, 3.05) is 105 Å². The first-order valence-corrected chi connectivity index (χ1v) is 23.7. The Morgan fingerprint density at radius 2 is 1.17 bits per heavy atom. The third-order valence-corrected chi connectivity index (χ3v) is 16.2. The summed E-state index contributed by atoms with van der Waals surface area (Å²) < 4.78 is 0. The topological polar surface area (TPSA) is 256 Å². The largest absolute Gasteiger partial charge is 0.480 e. The van der Waals surface area contributed by atoms with Crippen LogP contribution in [-0.2, 0) is 24.0 Å². The monoisotopic (exact) mass is 894 g/mol. The molecule has 63 heavy (non-hydrogen) atoms. The van der Waals surface area contributed by atoms with E-state index in [2.05, 4.69) is 36.7 Å². The number of nitrogens with one attached hydrogen (secondary N) is 3. The van der Waals surface area contributed by atoms with E-state index in [0.29, 0.717) is 104 Å². The van der Waals surface area contributed by atoms with E-state index in [1.54, 1.807) is 14.7 Å². The summed E-state index contributed by atoms with van der Waals surface area (Å²) in [5.74, 6) is -1.73. The highest BCUT2D eigenvalue weighted by atomic mass is 16.4. The summed E-state index contributed by atoms with van der Waals surface area (Å²) in [5.41, 5.74) is -0.256. The van der Waals surface area contributed by atoms with Crippen molar-refractivity contribution in [1.29, 1.82) is 0 Å². The summed E-state index contributed by atoms with van der Waals surface area (Å²) in [4.78, 5) is 67.4. The Morgan fingerprint density at radius 3 is 1.73 bits per heavy atom. The molecule has 5 rings (SSSR count). The Labute approximate surface area is 373 Å². The number of aliphatic hydroxyl groups excluding tert-OH is 3. The number of nitrogens with zero attached hydrogens (tertiary/aromatic N) is 4. The molecule has 1 aliphatic heterocycles. The smallest absolute Gasteiger partial charge is 0.317 e. The van der Waals surface area contributed by atoms with Gasteiger partial charge in [-0.05, 0) is 111 Å². The summed E-state index contributed by atoms with van der Waals surface area (Å²) in [7, 11) is 0. The Balaban J connectivity index is 0.981. The first kappa shape index (κ1) is 51.0. The molecule has 18 heteroatoms. The van der Waals surface area contributed by atoms with E-state index < -0.39 is 30.1 Å². The highest BCUT2D eigenvalue weighted by molar-refractivity contribution is 5.78. The molecule has 1 saturated heterocycles. The van der Waals surface area contributed by atoms with Crippen LogP contribution in [-0.4, -0.2) is 203 Å². The molecule has 0 aromatic heterocycles. The predicted octanol–water partition coefficient (Wildman–Crippen LogP) is 0.0516. The van der Waals surface area contributed by atoms with Crippen LogP contribution in [0, 0.1) is 46.3 Å². The number of aliphatic carboxylic acids is 3. The van der Waals surface area contributed by atoms with Gasteiger partial charge < -0.3 is 46.6 Å². The third-order valence-electron chi connectivity index (χ3n) is 16.2. The molecule has 2 amide bonds.